The molecule has 2 aromatic heterocycles. The minimum Gasteiger partial charge on any atom is -0.329 e. The molecule has 2 aromatic rings. The molecule has 0 aromatic carbocycles. The first-order valence-electron chi connectivity index (χ1n) is 7.06. The summed E-state index contributed by atoms with van der Waals surface area (Å²) in [5.74, 6) is 0. The predicted molar refractivity (Wildman–Crippen MR) is 82.8 cm³/mol. The van der Waals surface area contributed by atoms with Crippen LogP contribution in [0.3, 0.4) is 0 Å². The fraction of sp³-hybridized carbons (Fsp3) is 0.600. The maximum absolute atomic E-state index is 5.44. The smallest absolute Gasteiger partial charge is 0.178 e. The highest BCUT2D eigenvalue weighted by atomic mass is 32.1. The number of hydrogen-bond donors (Lipinski definition) is 1. The van der Waals surface area contributed by atoms with Crippen LogP contribution in [0.25, 0.3) is 11.0 Å². The summed E-state index contributed by atoms with van der Waals surface area (Å²) in [4.78, 5) is 7.37. The Kier molecular flexibility index (Phi) is 4.40. The highest BCUT2D eigenvalue weighted by molar-refractivity contribution is 7.71. The number of hydrogen-bond acceptors (Lipinski definition) is 2. The van der Waals surface area contributed by atoms with Crippen molar-refractivity contribution in [2.24, 2.45) is 5.41 Å². The average Bonchev–Trinajstić information content (AvgIpc) is 2.66. The lowest BCUT2D eigenvalue weighted by atomic mass is 9.87. The number of H-pyrrole nitrogens is 1. The first kappa shape index (κ1) is 14.3. The van der Waals surface area contributed by atoms with Gasteiger partial charge in [-0.1, -0.05) is 40.0 Å². The standard InChI is InChI=1S/C15H23N3S/c1-4-5-6-8-15(2,3)11-18-13-7-9-16-10-12(13)17-14(18)19/h7,9-10H,4-6,8,11H2,1-3H3,(H,17,19). The van der Waals surface area contributed by atoms with Crippen LogP contribution in [-0.4, -0.2) is 14.5 Å². The molecule has 0 aliphatic heterocycles. The van der Waals surface area contributed by atoms with Gasteiger partial charge in [0.05, 0.1) is 17.2 Å². The van der Waals surface area contributed by atoms with Gasteiger partial charge in [0.1, 0.15) is 0 Å². The summed E-state index contributed by atoms with van der Waals surface area (Å²) < 4.78 is 3.00. The topological polar surface area (TPSA) is 33.6 Å². The van der Waals surface area contributed by atoms with Crippen LogP contribution in [0.5, 0.6) is 0 Å². The van der Waals surface area contributed by atoms with Gasteiger partial charge < -0.3 is 9.55 Å². The van der Waals surface area contributed by atoms with E-state index in [9.17, 15) is 0 Å². The van der Waals surface area contributed by atoms with Crippen LogP contribution in [0.4, 0.5) is 0 Å². The summed E-state index contributed by atoms with van der Waals surface area (Å²) in [6.45, 7) is 7.85. The summed E-state index contributed by atoms with van der Waals surface area (Å²) in [5.41, 5.74) is 2.45. The largest absolute Gasteiger partial charge is 0.329 e. The van der Waals surface area contributed by atoms with Gasteiger partial charge in [-0.15, -0.1) is 0 Å². The van der Waals surface area contributed by atoms with Crippen LogP contribution in [0.15, 0.2) is 18.5 Å². The molecule has 0 saturated heterocycles. The number of imidazole rings is 1. The van der Waals surface area contributed by atoms with Gasteiger partial charge in [-0.2, -0.15) is 0 Å². The van der Waals surface area contributed by atoms with Crippen molar-refractivity contribution in [2.45, 2.75) is 53.0 Å². The molecule has 0 unspecified atom stereocenters. The zero-order valence-electron chi connectivity index (χ0n) is 12.1. The van der Waals surface area contributed by atoms with Crippen LogP contribution in [-0.2, 0) is 6.54 Å². The van der Waals surface area contributed by atoms with E-state index >= 15 is 0 Å². The second kappa shape index (κ2) is 5.87. The first-order valence-corrected chi connectivity index (χ1v) is 7.47. The van der Waals surface area contributed by atoms with Crippen molar-refractivity contribution < 1.29 is 0 Å². The van der Waals surface area contributed by atoms with Gasteiger partial charge in [-0.05, 0) is 30.1 Å². The van der Waals surface area contributed by atoms with E-state index in [4.69, 9.17) is 12.2 Å². The van der Waals surface area contributed by atoms with E-state index in [1.807, 2.05) is 18.5 Å². The second-order valence-corrected chi connectivity index (χ2v) is 6.42. The Balaban J connectivity index is 2.20. The van der Waals surface area contributed by atoms with Crippen molar-refractivity contribution in [3.8, 4) is 0 Å². The lowest BCUT2D eigenvalue weighted by molar-refractivity contribution is 0.273. The molecule has 0 saturated carbocycles. The number of nitrogens with zero attached hydrogens (tertiary/aromatic N) is 2. The number of pyridine rings is 1. The van der Waals surface area contributed by atoms with E-state index < -0.39 is 0 Å². The number of fused-ring (bicyclic) bond motifs is 1. The summed E-state index contributed by atoms with van der Waals surface area (Å²) in [6, 6.07) is 2.03. The van der Waals surface area contributed by atoms with Gasteiger partial charge in [0.15, 0.2) is 4.77 Å². The minimum atomic E-state index is 0.270. The summed E-state index contributed by atoms with van der Waals surface area (Å²) in [7, 11) is 0. The molecule has 0 radical (unpaired) electrons. The van der Waals surface area contributed by atoms with Crippen LogP contribution < -0.4 is 0 Å². The van der Waals surface area contributed by atoms with Crippen molar-refractivity contribution >= 4 is 23.3 Å². The zero-order chi connectivity index (χ0) is 13.9. The monoisotopic (exact) mass is 277 g/mol. The van der Waals surface area contributed by atoms with Gasteiger partial charge in [0, 0.05) is 12.7 Å². The average molecular weight is 277 g/mol. The Morgan fingerprint density at radius 1 is 1.37 bits per heavy atom. The molecule has 104 valence electrons. The van der Waals surface area contributed by atoms with Gasteiger partial charge >= 0.3 is 0 Å². The molecule has 0 bridgehead atoms. The number of nitrogens with one attached hydrogen (secondary N) is 1. The third-order valence-electron chi connectivity index (χ3n) is 3.62. The van der Waals surface area contributed by atoms with Crippen molar-refractivity contribution in [3.05, 3.63) is 23.2 Å². The first-order chi connectivity index (χ1) is 9.03. The molecule has 4 heteroatoms. The van der Waals surface area contributed by atoms with E-state index in [0.717, 1.165) is 22.3 Å². The Hall–Kier alpha value is -1.16. The molecule has 0 atom stereocenters. The Labute approximate surface area is 120 Å². The molecular weight excluding hydrogens is 254 g/mol. The molecular formula is C15H23N3S. The SMILES string of the molecule is CCCCCC(C)(C)Cn1c(=S)[nH]c2cnccc21. The Bertz CT molecular complexity index is 595. The van der Waals surface area contributed by atoms with Gasteiger partial charge in [0.2, 0.25) is 0 Å². The molecule has 0 aliphatic rings. The van der Waals surface area contributed by atoms with E-state index in [1.54, 1.807) is 0 Å². The summed E-state index contributed by atoms with van der Waals surface area (Å²) >= 11 is 5.44. The molecule has 1 N–H and O–H groups in total. The number of unbranched alkanes of at least 4 members (excludes halogenated alkanes) is 2. The molecule has 3 nitrogen and oxygen atoms in total. The maximum Gasteiger partial charge on any atom is 0.178 e. The minimum absolute atomic E-state index is 0.270. The Morgan fingerprint density at radius 2 is 2.16 bits per heavy atom. The number of aromatic nitrogens is 3. The van der Waals surface area contributed by atoms with Crippen molar-refractivity contribution in [1.82, 2.24) is 14.5 Å². The molecule has 0 aliphatic carbocycles. The van der Waals surface area contributed by atoms with Gasteiger partial charge in [0.25, 0.3) is 0 Å². The third kappa shape index (κ3) is 3.44. The normalized spacial score (nSPS) is 12.2. The van der Waals surface area contributed by atoms with Crippen molar-refractivity contribution in [1.29, 1.82) is 0 Å². The van der Waals surface area contributed by atoms with E-state index in [1.165, 1.54) is 25.7 Å². The summed E-state index contributed by atoms with van der Waals surface area (Å²) in [6.07, 6.45) is 8.78. The number of rotatable bonds is 6. The Morgan fingerprint density at radius 3 is 2.89 bits per heavy atom. The van der Waals surface area contributed by atoms with Crippen molar-refractivity contribution in [2.75, 3.05) is 0 Å². The quantitative estimate of drug-likeness (QED) is 0.613. The molecule has 2 rings (SSSR count). The molecule has 0 spiro atoms. The third-order valence-corrected chi connectivity index (χ3v) is 3.94. The highest BCUT2D eigenvalue weighted by Crippen LogP contribution is 2.28. The van der Waals surface area contributed by atoms with Crippen LogP contribution in [0.1, 0.15) is 46.5 Å². The molecule has 0 amide bonds. The maximum atomic E-state index is 5.44. The molecule has 0 fully saturated rings. The summed E-state index contributed by atoms with van der Waals surface area (Å²) in [5, 5.41) is 0. The van der Waals surface area contributed by atoms with E-state index in [0.29, 0.717) is 0 Å². The highest BCUT2D eigenvalue weighted by Gasteiger charge is 2.19. The molecule has 19 heavy (non-hydrogen) atoms. The van der Waals surface area contributed by atoms with Crippen LogP contribution in [0, 0.1) is 10.2 Å². The predicted octanol–water partition coefficient (Wildman–Crippen LogP) is 4.70. The number of aromatic amines is 1. The van der Waals surface area contributed by atoms with Gasteiger partial charge in [-0.25, -0.2) is 0 Å². The second-order valence-electron chi connectivity index (χ2n) is 6.03. The van der Waals surface area contributed by atoms with Crippen molar-refractivity contribution in [3.63, 3.8) is 0 Å². The lowest BCUT2D eigenvalue weighted by Gasteiger charge is -2.25. The zero-order valence-corrected chi connectivity index (χ0v) is 12.9. The molecule has 2 heterocycles. The lowest BCUT2D eigenvalue weighted by Crippen LogP contribution is -2.19. The van der Waals surface area contributed by atoms with Crippen LogP contribution >= 0.6 is 12.2 Å². The van der Waals surface area contributed by atoms with Crippen LogP contribution in [0.2, 0.25) is 0 Å². The van der Waals surface area contributed by atoms with Gasteiger partial charge in [-0.3, -0.25) is 4.98 Å². The fourth-order valence-corrected chi connectivity index (χ4v) is 2.80. The fourth-order valence-electron chi connectivity index (χ4n) is 2.53. The van der Waals surface area contributed by atoms with E-state index in [2.05, 4.69) is 35.3 Å². The van der Waals surface area contributed by atoms with E-state index in [-0.39, 0.29) is 5.41 Å².